The van der Waals surface area contributed by atoms with Crippen molar-refractivity contribution in [3.63, 3.8) is 0 Å². The van der Waals surface area contributed by atoms with Crippen LogP contribution < -0.4 is 5.56 Å². The van der Waals surface area contributed by atoms with Gasteiger partial charge in [0.15, 0.2) is 5.82 Å². The minimum absolute atomic E-state index is 0.0983. The Morgan fingerprint density at radius 2 is 1.86 bits per heavy atom. The van der Waals surface area contributed by atoms with E-state index in [9.17, 15) is 9.18 Å². The first-order valence-corrected chi connectivity index (χ1v) is 12.8. The number of hydrogen-bond donors (Lipinski definition) is 1. The molecule has 2 aromatic carbocycles. The summed E-state index contributed by atoms with van der Waals surface area (Å²) >= 11 is 0. The first-order valence-electron chi connectivity index (χ1n) is 12.8. The molecule has 0 bridgehead atoms. The lowest BCUT2D eigenvalue weighted by Gasteiger charge is -2.34. The van der Waals surface area contributed by atoms with Gasteiger partial charge in [-0.25, -0.2) is 9.07 Å². The molecule has 2 aromatic heterocycles. The second kappa shape index (κ2) is 10.3. The molecule has 4 aromatic rings. The number of hydrogen-bond acceptors (Lipinski definition) is 5. The largest absolute Gasteiger partial charge is 0.321 e. The number of rotatable bonds is 8. The van der Waals surface area contributed by atoms with Crippen LogP contribution in [0.3, 0.4) is 0 Å². The molecule has 0 spiro atoms. The summed E-state index contributed by atoms with van der Waals surface area (Å²) in [6.45, 7) is 7.26. The first-order chi connectivity index (χ1) is 17.4. The van der Waals surface area contributed by atoms with Gasteiger partial charge >= 0.3 is 0 Å². The van der Waals surface area contributed by atoms with E-state index in [4.69, 9.17) is 0 Å². The number of aryl methyl sites for hydroxylation is 1. The van der Waals surface area contributed by atoms with Gasteiger partial charge in [-0.3, -0.25) is 9.69 Å². The zero-order valence-corrected chi connectivity index (χ0v) is 21.1. The van der Waals surface area contributed by atoms with E-state index in [2.05, 4.69) is 39.3 Å². The Morgan fingerprint density at radius 1 is 1.11 bits per heavy atom. The Labute approximate surface area is 210 Å². The smallest absolute Gasteiger partial charge is 0.252 e. The number of aromatic nitrogens is 5. The van der Waals surface area contributed by atoms with Crippen molar-refractivity contribution >= 4 is 10.9 Å². The maximum atomic E-state index is 13.7. The predicted molar refractivity (Wildman–Crippen MR) is 138 cm³/mol. The third-order valence-corrected chi connectivity index (χ3v) is 7.32. The molecule has 1 aliphatic rings. The first kappa shape index (κ1) is 24.3. The summed E-state index contributed by atoms with van der Waals surface area (Å²) in [6, 6.07) is 14.7. The summed E-state index contributed by atoms with van der Waals surface area (Å²) in [5, 5.41) is 14.0. The number of halogens is 1. The van der Waals surface area contributed by atoms with Crippen LogP contribution in [0.5, 0.6) is 0 Å². The number of tetrazole rings is 1. The molecule has 1 saturated carbocycles. The Bertz CT molecular complexity index is 1390. The zero-order chi connectivity index (χ0) is 25.2. The van der Waals surface area contributed by atoms with Gasteiger partial charge in [-0.15, -0.1) is 5.10 Å². The normalized spacial score (nSPS) is 15.4. The molecule has 36 heavy (non-hydrogen) atoms. The number of nitrogens with one attached hydrogen (secondary N) is 1. The Kier molecular flexibility index (Phi) is 6.96. The molecule has 0 amide bonds. The van der Waals surface area contributed by atoms with Crippen LogP contribution >= 0.6 is 0 Å². The van der Waals surface area contributed by atoms with Crippen molar-refractivity contribution in [2.24, 2.45) is 5.92 Å². The Balaban J connectivity index is 1.57. The monoisotopic (exact) mass is 488 g/mol. The number of pyridine rings is 1. The summed E-state index contributed by atoms with van der Waals surface area (Å²) in [4.78, 5) is 18.5. The van der Waals surface area contributed by atoms with Gasteiger partial charge in [0.2, 0.25) is 0 Å². The number of para-hydroxylation sites is 1. The fourth-order valence-electron chi connectivity index (χ4n) is 5.53. The molecule has 2 heterocycles. The van der Waals surface area contributed by atoms with Crippen LogP contribution in [0.1, 0.15) is 74.1 Å². The quantitative estimate of drug-likeness (QED) is 0.355. The second-order valence-electron chi connectivity index (χ2n) is 10.3. The molecule has 188 valence electrons. The molecule has 7 nitrogen and oxygen atoms in total. The average Bonchev–Trinajstić information content (AvgIpc) is 3.54. The molecule has 1 fully saturated rings. The second-order valence-corrected chi connectivity index (χ2v) is 10.3. The standard InChI is InChI=1S/C28H33FN6O/c1-18(2)26(27-31-32-33-35(27)24-9-4-5-10-24)34(16-20-11-13-23(29)14-12-20)17-22-15-21-8-6-7-19(3)25(21)30-28(22)36/h6-8,11-15,18,24,26H,4-5,9-10,16-17H2,1-3H3,(H,30,36). The van der Waals surface area contributed by atoms with Gasteiger partial charge in [-0.05, 0) is 70.8 Å². The van der Waals surface area contributed by atoms with Crippen LogP contribution in [0.4, 0.5) is 4.39 Å². The molecule has 0 aliphatic heterocycles. The van der Waals surface area contributed by atoms with E-state index in [1.165, 1.54) is 25.0 Å². The van der Waals surface area contributed by atoms with E-state index >= 15 is 0 Å². The predicted octanol–water partition coefficient (Wildman–Crippen LogP) is 5.48. The van der Waals surface area contributed by atoms with E-state index in [1.54, 1.807) is 12.1 Å². The van der Waals surface area contributed by atoms with E-state index in [0.29, 0.717) is 24.7 Å². The van der Waals surface area contributed by atoms with Crippen LogP contribution in [0.2, 0.25) is 0 Å². The summed E-state index contributed by atoms with van der Waals surface area (Å²) in [6.07, 6.45) is 4.51. The van der Waals surface area contributed by atoms with Crippen molar-refractivity contribution in [1.82, 2.24) is 30.1 Å². The maximum Gasteiger partial charge on any atom is 0.252 e. The molecule has 1 atom stereocenters. The number of fused-ring (bicyclic) bond motifs is 1. The van der Waals surface area contributed by atoms with E-state index in [-0.39, 0.29) is 23.3 Å². The molecule has 1 N–H and O–H groups in total. The van der Waals surface area contributed by atoms with Gasteiger partial charge in [-0.2, -0.15) is 0 Å². The van der Waals surface area contributed by atoms with Gasteiger partial charge in [0.05, 0.1) is 17.6 Å². The third-order valence-electron chi connectivity index (χ3n) is 7.32. The van der Waals surface area contributed by atoms with E-state index in [1.807, 2.05) is 35.9 Å². The summed E-state index contributed by atoms with van der Waals surface area (Å²) in [5.41, 5.74) is 3.45. The van der Waals surface area contributed by atoms with Crippen molar-refractivity contribution in [2.45, 2.75) is 71.6 Å². The van der Waals surface area contributed by atoms with Crippen molar-refractivity contribution in [1.29, 1.82) is 0 Å². The number of benzene rings is 2. The van der Waals surface area contributed by atoms with Gasteiger partial charge in [0, 0.05) is 18.7 Å². The van der Waals surface area contributed by atoms with E-state index in [0.717, 1.165) is 40.7 Å². The van der Waals surface area contributed by atoms with Crippen LogP contribution in [0.25, 0.3) is 10.9 Å². The lowest BCUT2D eigenvalue weighted by molar-refractivity contribution is 0.123. The van der Waals surface area contributed by atoms with Crippen molar-refractivity contribution in [2.75, 3.05) is 0 Å². The zero-order valence-electron chi connectivity index (χ0n) is 21.1. The molecule has 0 saturated heterocycles. The minimum Gasteiger partial charge on any atom is -0.321 e. The van der Waals surface area contributed by atoms with Crippen LogP contribution in [0, 0.1) is 18.7 Å². The highest BCUT2D eigenvalue weighted by molar-refractivity contribution is 5.81. The van der Waals surface area contributed by atoms with Gasteiger partial charge in [-0.1, -0.05) is 57.0 Å². The molecular weight excluding hydrogens is 455 g/mol. The SMILES string of the molecule is Cc1cccc2cc(CN(Cc3ccc(F)cc3)C(c3nnnn3C3CCCC3)C(C)C)c(=O)[nH]c12. The van der Waals surface area contributed by atoms with Crippen molar-refractivity contribution in [3.05, 3.63) is 87.2 Å². The summed E-state index contributed by atoms with van der Waals surface area (Å²) < 4.78 is 15.7. The fraction of sp³-hybridized carbons (Fsp3) is 0.429. The Morgan fingerprint density at radius 3 is 2.58 bits per heavy atom. The molecule has 8 heteroatoms. The lowest BCUT2D eigenvalue weighted by Crippen LogP contribution is -2.35. The lowest BCUT2D eigenvalue weighted by atomic mass is 9.99. The van der Waals surface area contributed by atoms with E-state index < -0.39 is 0 Å². The molecular formula is C28H33FN6O. The highest BCUT2D eigenvalue weighted by atomic mass is 19.1. The van der Waals surface area contributed by atoms with Crippen LogP contribution in [-0.2, 0) is 13.1 Å². The van der Waals surface area contributed by atoms with Gasteiger partial charge in [0.1, 0.15) is 5.82 Å². The third kappa shape index (κ3) is 4.95. The molecule has 1 aliphatic carbocycles. The number of aromatic amines is 1. The molecule has 0 radical (unpaired) electrons. The Hall–Kier alpha value is -3.39. The topological polar surface area (TPSA) is 79.7 Å². The van der Waals surface area contributed by atoms with Crippen LogP contribution in [0.15, 0.2) is 53.3 Å². The highest BCUT2D eigenvalue weighted by Gasteiger charge is 2.32. The van der Waals surface area contributed by atoms with Gasteiger partial charge < -0.3 is 4.98 Å². The summed E-state index contributed by atoms with van der Waals surface area (Å²) in [5.74, 6) is 0.739. The molecule has 1 unspecified atom stereocenters. The van der Waals surface area contributed by atoms with Crippen molar-refractivity contribution in [3.8, 4) is 0 Å². The maximum absolute atomic E-state index is 13.7. The molecule has 5 rings (SSSR count). The fourth-order valence-corrected chi connectivity index (χ4v) is 5.53. The number of H-pyrrole nitrogens is 1. The highest BCUT2D eigenvalue weighted by Crippen LogP contribution is 2.35. The summed E-state index contributed by atoms with van der Waals surface area (Å²) in [7, 11) is 0. The van der Waals surface area contributed by atoms with Crippen molar-refractivity contribution < 1.29 is 4.39 Å². The average molecular weight is 489 g/mol. The van der Waals surface area contributed by atoms with Gasteiger partial charge in [0.25, 0.3) is 5.56 Å². The minimum atomic E-state index is -0.266. The van der Waals surface area contributed by atoms with Crippen LogP contribution in [-0.4, -0.2) is 30.1 Å². The number of nitrogens with zero attached hydrogens (tertiary/aromatic N) is 5.